The fraction of sp³-hybridized carbons (Fsp3) is 0.0667. The number of furan rings is 1. The molecule has 0 aliphatic carbocycles. The third-order valence-corrected chi connectivity index (χ3v) is 4.77. The second-order valence-electron chi connectivity index (χ2n) is 4.86. The third kappa shape index (κ3) is 3.63. The van der Waals surface area contributed by atoms with Gasteiger partial charge in [-0.2, -0.15) is 0 Å². The number of benzene rings is 1. The summed E-state index contributed by atoms with van der Waals surface area (Å²) in [7, 11) is 0. The molecule has 10 heteroatoms. The fourth-order valence-corrected chi connectivity index (χ4v) is 3.35. The van der Waals surface area contributed by atoms with Gasteiger partial charge in [-0.3, -0.25) is 4.57 Å². The van der Waals surface area contributed by atoms with Crippen molar-refractivity contribution in [2.24, 2.45) is 0 Å². The highest BCUT2D eigenvalue weighted by atomic mass is 79.9. The summed E-state index contributed by atoms with van der Waals surface area (Å²) in [6.07, 6.45) is 1.63. The van der Waals surface area contributed by atoms with Crippen LogP contribution in [0.25, 0.3) is 17.3 Å². The minimum Gasteiger partial charge on any atom is -0.444 e. The van der Waals surface area contributed by atoms with Gasteiger partial charge < -0.3 is 8.83 Å². The van der Waals surface area contributed by atoms with E-state index in [0.717, 1.165) is 5.69 Å². The van der Waals surface area contributed by atoms with E-state index in [1.54, 1.807) is 18.5 Å². The van der Waals surface area contributed by atoms with Crippen LogP contribution in [0.5, 0.6) is 0 Å². The Bertz CT molecular complexity index is 1010. The van der Waals surface area contributed by atoms with E-state index < -0.39 is 0 Å². The van der Waals surface area contributed by atoms with Crippen LogP contribution >= 0.6 is 39.3 Å². The molecule has 0 spiro atoms. The van der Waals surface area contributed by atoms with Gasteiger partial charge in [-0.1, -0.05) is 29.4 Å². The lowest BCUT2D eigenvalue weighted by Gasteiger charge is -2.05. The maximum Gasteiger partial charge on any atom is 0.283 e. The van der Waals surface area contributed by atoms with Gasteiger partial charge in [0.2, 0.25) is 5.89 Å². The molecule has 0 amide bonds. The molecule has 0 bridgehead atoms. The standard InChI is InChI=1S/C15H9BrClN5O2S/c16-12-5-4-11(23-12)14-20-19-13(24-14)7-25-15-21-18-8-22(15)10-3-1-2-9(17)6-10/h1-6,8H,7H2. The van der Waals surface area contributed by atoms with Gasteiger partial charge in [0, 0.05) is 5.02 Å². The zero-order chi connectivity index (χ0) is 17.2. The summed E-state index contributed by atoms with van der Waals surface area (Å²) < 4.78 is 13.5. The number of aromatic nitrogens is 5. The first-order chi connectivity index (χ1) is 12.2. The molecule has 0 unspecified atom stereocenters. The van der Waals surface area contributed by atoms with Crippen LogP contribution in [0.15, 0.2) is 61.4 Å². The monoisotopic (exact) mass is 437 g/mol. The third-order valence-electron chi connectivity index (χ3n) is 3.18. The molecule has 0 aliphatic heterocycles. The van der Waals surface area contributed by atoms with Crippen LogP contribution in [0.3, 0.4) is 0 Å². The SMILES string of the molecule is Clc1cccc(-n2cnnc2SCc2nnc(-c3ccc(Br)o3)o2)c1. The van der Waals surface area contributed by atoms with Crippen LogP contribution in [-0.4, -0.2) is 25.0 Å². The van der Waals surface area contributed by atoms with Gasteiger partial charge in [-0.15, -0.1) is 20.4 Å². The Hall–Kier alpha value is -2.10. The summed E-state index contributed by atoms with van der Waals surface area (Å²) >= 11 is 10.7. The van der Waals surface area contributed by atoms with E-state index in [2.05, 4.69) is 36.3 Å². The van der Waals surface area contributed by atoms with E-state index in [9.17, 15) is 0 Å². The van der Waals surface area contributed by atoms with Crippen LogP contribution in [0, 0.1) is 0 Å². The summed E-state index contributed by atoms with van der Waals surface area (Å²) in [4.78, 5) is 0. The molecule has 0 atom stereocenters. The predicted octanol–water partition coefficient (Wildman–Crippen LogP) is 4.62. The molecule has 3 heterocycles. The summed E-state index contributed by atoms with van der Waals surface area (Å²) in [5.74, 6) is 1.76. The predicted molar refractivity (Wildman–Crippen MR) is 95.6 cm³/mol. The van der Waals surface area contributed by atoms with Crippen molar-refractivity contribution in [2.75, 3.05) is 0 Å². The fourth-order valence-electron chi connectivity index (χ4n) is 2.09. The minimum atomic E-state index is 0.331. The van der Waals surface area contributed by atoms with Crippen molar-refractivity contribution < 1.29 is 8.83 Å². The number of thioether (sulfide) groups is 1. The molecule has 4 aromatic rings. The maximum atomic E-state index is 6.04. The van der Waals surface area contributed by atoms with Gasteiger partial charge in [0.1, 0.15) is 6.33 Å². The molecule has 0 saturated carbocycles. The maximum absolute atomic E-state index is 6.04. The highest BCUT2D eigenvalue weighted by molar-refractivity contribution is 9.10. The minimum absolute atomic E-state index is 0.331. The number of hydrogen-bond donors (Lipinski definition) is 0. The summed E-state index contributed by atoms with van der Waals surface area (Å²) in [5.41, 5.74) is 0.881. The number of rotatable bonds is 5. The van der Waals surface area contributed by atoms with E-state index in [1.807, 2.05) is 28.8 Å². The van der Waals surface area contributed by atoms with Gasteiger partial charge in [-0.25, -0.2) is 0 Å². The van der Waals surface area contributed by atoms with Gasteiger partial charge >= 0.3 is 0 Å². The molecule has 0 aliphatic rings. The quantitative estimate of drug-likeness (QED) is 0.420. The lowest BCUT2D eigenvalue weighted by molar-refractivity contribution is 0.486. The van der Waals surface area contributed by atoms with Crippen LogP contribution in [-0.2, 0) is 5.75 Å². The highest BCUT2D eigenvalue weighted by Crippen LogP contribution is 2.27. The molecule has 0 fully saturated rings. The Morgan fingerprint density at radius 2 is 2.04 bits per heavy atom. The van der Waals surface area contributed by atoms with Crippen molar-refractivity contribution >= 4 is 39.3 Å². The average molecular weight is 439 g/mol. The molecular formula is C15H9BrClN5O2S. The molecule has 0 N–H and O–H groups in total. The average Bonchev–Trinajstić information content (AvgIpc) is 3.33. The number of hydrogen-bond acceptors (Lipinski definition) is 7. The van der Waals surface area contributed by atoms with E-state index >= 15 is 0 Å². The van der Waals surface area contributed by atoms with Gasteiger partial charge in [-0.05, 0) is 46.3 Å². The van der Waals surface area contributed by atoms with E-state index in [1.165, 1.54) is 11.8 Å². The van der Waals surface area contributed by atoms with Crippen molar-refractivity contribution in [3.05, 3.63) is 58.3 Å². The highest BCUT2D eigenvalue weighted by Gasteiger charge is 2.14. The van der Waals surface area contributed by atoms with Gasteiger partial charge in [0.05, 0.1) is 11.4 Å². The Morgan fingerprint density at radius 1 is 1.12 bits per heavy atom. The van der Waals surface area contributed by atoms with Crippen molar-refractivity contribution in [2.45, 2.75) is 10.9 Å². The zero-order valence-electron chi connectivity index (χ0n) is 12.5. The van der Waals surface area contributed by atoms with Crippen LogP contribution in [0.4, 0.5) is 0 Å². The second kappa shape index (κ2) is 7.03. The lowest BCUT2D eigenvalue weighted by Crippen LogP contribution is -1.95. The van der Waals surface area contributed by atoms with E-state index in [4.69, 9.17) is 20.4 Å². The Morgan fingerprint density at radius 3 is 2.84 bits per heavy atom. The molecular weight excluding hydrogens is 430 g/mol. The van der Waals surface area contributed by atoms with Gasteiger partial charge in [0.25, 0.3) is 5.89 Å². The molecule has 3 aromatic heterocycles. The second-order valence-corrected chi connectivity index (χ2v) is 7.02. The normalized spacial score (nSPS) is 11.1. The van der Waals surface area contributed by atoms with Crippen molar-refractivity contribution in [3.63, 3.8) is 0 Å². The number of nitrogens with zero attached hydrogens (tertiary/aromatic N) is 5. The van der Waals surface area contributed by atoms with Gasteiger partial charge in [0.15, 0.2) is 15.6 Å². The first kappa shape index (κ1) is 16.4. The molecule has 0 radical (unpaired) electrons. The summed E-state index contributed by atoms with van der Waals surface area (Å²) in [6.45, 7) is 0. The largest absolute Gasteiger partial charge is 0.444 e. The first-order valence-electron chi connectivity index (χ1n) is 7.06. The topological polar surface area (TPSA) is 82.8 Å². The summed E-state index contributed by atoms with van der Waals surface area (Å²) in [5, 5.41) is 17.4. The Balaban J connectivity index is 1.49. The molecule has 1 aromatic carbocycles. The van der Waals surface area contributed by atoms with Crippen LogP contribution in [0.1, 0.15) is 5.89 Å². The Kier molecular flexibility index (Phi) is 4.60. The van der Waals surface area contributed by atoms with Crippen molar-refractivity contribution in [3.8, 4) is 17.3 Å². The molecule has 7 nitrogen and oxygen atoms in total. The molecule has 4 rings (SSSR count). The first-order valence-corrected chi connectivity index (χ1v) is 9.21. The molecule has 25 heavy (non-hydrogen) atoms. The molecule has 126 valence electrons. The number of halogens is 2. The van der Waals surface area contributed by atoms with Crippen LogP contribution < -0.4 is 0 Å². The van der Waals surface area contributed by atoms with E-state index in [-0.39, 0.29) is 0 Å². The summed E-state index contributed by atoms with van der Waals surface area (Å²) in [6, 6.07) is 11.0. The molecule has 0 saturated heterocycles. The van der Waals surface area contributed by atoms with Crippen molar-refractivity contribution in [1.29, 1.82) is 0 Å². The Labute approximate surface area is 159 Å². The van der Waals surface area contributed by atoms with Crippen molar-refractivity contribution in [1.82, 2.24) is 25.0 Å². The smallest absolute Gasteiger partial charge is 0.283 e. The lowest BCUT2D eigenvalue weighted by atomic mass is 10.3. The van der Waals surface area contributed by atoms with Crippen LogP contribution in [0.2, 0.25) is 5.02 Å². The van der Waals surface area contributed by atoms with E-state index in [0.29, 0.717) is 38.1 Å². The zero-order valence-corrected chi connectivity index (χ0v) is 15.6.